The topological polar surface area (TPSA) is 197 Å². The van der Waals surface area contributed by atoms with Crippen molar-refractivity contribution in [2.45, 2.75) is 77.0 Å². The smallest absolute Gasteiger partial charge is 0.255 e. The van der Waals surface area contributed by atoms with Gasteiger partial charge in [0.05, 0.1) is 23.2 Å². The Morgan fingerprint density at radius 2 is 1.64 bits per heavy atom. The van der Waals surface area contributed by atoms with Crippen LogP contribution < -0.4 is 16.0 Å². The number of hydrogen-bond donors (Lipinski definition) is 6. The van der Waals surface area contributed by atoms with Crippen molar-refractivity contribution >= 4 is 40.5 Å². The largest absolute Gasteiger partial charge is 0.508 e. The molecule has 50 heavy (non-hydrogen) atoms. The monoisotopic (exact) mass is 693 g/mol. The molecule has 1 heterocycles. The number of phenols is 1. The number of nitrogens with one attached hydrogen (secondary N) is 1. The van der Waals surface area contributed by atoms with Crippen LogP contribution in [0.1, 0.15) is 64.0 Å². The first kappa shape index (κ1) is 35.9. The molecule has 13 heteroatoms. The lowest BCUT2D eigenvalue weighted by molar-refractivity contribution is -0.153. The van der Waals surface area contributed by atoms with Gasteiger partial charge in [-0.2, -0.15) is 0 Å². The summed E-state index contributed by atoms with van der Waals surface area (Å²) in [7, 11) is 6.69. The molecule has 7 N–H and O–H groups in total. The van der Waals surface area contributed by atoms with Crippen LogP contribution in [0.25, 0.3) is 5.76 Å². The van der Waals surface area contributed by atoms with E-state index in [0.717, 1.165) is 12.8 Å². The predicted molar refractivity (Wildman–Crippen MR) is 187 cm³/mol. The van der Waals surface area contributed by atoms with Gasteiger partial charge in [-0.25, -0.2) is 0 Å². The highest BCUT2D eigenvalue weighted by Gasteiger charge is 2.64. The van der Waals surface area contributed by atoms with Crippen LogP contribution in [0.3, 0.4) is 0 Å². The van der Waals surface area contributed by atoms with E-state index in [4.69, 9.17) is 5.73 Å². The standard InChI is InChI=1S/C37H51N5O8/c1-36(2,3)19-8-10-20(11-9-19)42-15-18(16-42)35(49)39-23-14-24(40(4)5)21-12-17-13-22-28(41(6)7)31(45)27(34(38)48)33(47)37(22,50)32(46)25(17)30(44)26(21)29(23)43/h14,17-20,22,28,43-44,47,50H,8-13,15-16H2,1-7H3,(H2,38,48)(H,39,49)/t17-,19?,20?,22-,28-,37-/m0/s1. The van der Waals surface area contributed by atoms with Gasteiger partial charge in [0.15, 0.2) is 11.4 Å². The minimum absolute atomic E-state index is 0.00604. The van der Waals surface area contributed by atoms with Gasteiger partial charge in [-0.3, -0.25) is 29.0 Å². The Kier molecular flexibility index (Phi) is 8.88. The number of amides is 2. The molecule has 1 aromatic rings. The van der Waals surface area contributed by atoms with Gasteiger partial charge >= 0.3 is 0 Å². The zero-order valence-corrected chi connectivity index (χ0v) is 30.0. The van der Waals surface area contributed by atoms with Crippen molar-refractivity contribution in [1.82, 2.24) is 9.80 Å². The molecule has 3 fully saturated rings. The van der Waals surface area contributed by atoms with E-state index in [2.05, 4.69) is 31.0 Å². The quantitative estimate of drug-likeness (QED) is 0.189. The maximum Gasteiger partial charge on any atom is 0.255 e. The summed E-state index contributed by atoms with van der Waals surface area (Å²) in [5.74, 6) is -7.02. The van der Waals surface area contributed by atoms with E-state index in [9.17, 15) is 39.6 Å². The van der Waals surface area contributed by atoms with Crippen LogP contribution in [0.5, 0.6) is 5.75 Å². The highest BCUT2D eigenvalue weighted by Crippen LogP contribution is 2.54. The number of benzene rings is 1. The van der Waals surface area contributed by atoms with Gasteiger partial charge in [-0.15, -0.1) is 0 Å². The van der Waals surface area contributed by atoms with E-state index in [1.807, 2.05) is 0 Å². The lowest BCUT2D eigenvalue weighted by atomic mass is 9.57. The predicted octanol–water partition coefficient (Wildman–Crippen LogP) is 2.51. The zero-order valence-electron chi connectivity index (χ0n) is 30.0. The Hall–Kier alpha value is -3.94. The van der Waals surface area contributed by atoms with E-state index in [0.29, 0.717) is 41.7 Å². The fourth-order valence-electron chi connectivity index (χ4n) is 9.30. The molecule has 4 atom stereocenters. The molecule has 5 aliphatic rings. The lowest BCUT2D eigenvalue weighted by Crippen LogP contribution is -2.65. The molecule has 272 valence electrons. The lowest BCUT2D eigenvalue weighted by Gasteiger charge is -2.50. The van der Waals surface area contributed by atoms with Crippen molar-refractivity contribution in [3.05, 3.63) is 34.1 Å². The van der Waals surface area contributed by atoms with Crippen LogP contribution in [0.15, 0.2) is 23.0 Å². The summed E-state index contributed by atoms with van der Waals surface area (Å²) in [6.45, 7) is 8.12. The summed E-state index contributed by atoms with van der Waals surface area (Å²) in [5.41, 5.74) is 3.03. The van der Waals surface area contributed by atoms with Crippen LogP contribution in [0.4, 0.5) is 11.4 Å². The second kappa shape index (κ2) is 12.4. The maximum atomic E-state index is 14.2. The highest BCUT2D eigenvalue weighted by molar-refractivity contribution is 6.24. The number of hydrogen-bond acceptors (Lipinski definition) is 11. The third-order valence-corrected chi connectivity index (χ3v) is 12.2. The number of primary amides is 1. The highest BCUT2D eigenvalue weighted by atomic mass is 16.3. The third-order valence-electron chi connectivity index (χ3n) is 12.2. The molecule has 0 spiro atoms. The number of phenolic OH excluding ortho intramolecular Hbond substituents is 1. The molecule has 0 bridgehead atoms. The first-order chi connectivity index (χ1) is 23.3. The Balaban J connectivity index is 1.30. The number of ketones is 2. The zero-order chi connectivity index (χ0) is 36.8. The molecule has 4 aliphatic carbocycles. The van der Waals surface area contributed by atoms with Gasteiger partial charge in [0, 0.05) is 50.4 Å². The van der Waals surface area contributed by atoms with Gasteiger partial charge in [0.1, 0.15) is 22.8 Å². The van der Waals surface area contributed by atoms with Crippen LogP contribution in [0, 0.1) is 29.1 Å². The normalized spacial score (nSPS) is 30.5. The van der Waals surface area contributed by atoms with Crippen molar-refractivity contribution in [2.75, 3.05) is 51.5 Å². The number of rotatable bonds is 6. The Bertz CT molecular complexity index is 1710. The van der Waals surface area contributed by atoms with Gasteiger partial charge in [0.25, 0.3) is 5.91 Å². The molecular weight excluding hydrogens is 642 g/mol. The number of carbonyl (C=O) groups excluding carboxylic acids is 4. The fourth-order valence-corrected chi connectivity index (χ4v) is 9.30. The van der Waals surface area contributed by atoms with Crippen LogP contribution in [-0.4, -0.2) is 113 Å². The van der Waals surface area contributed by atoms with Crippen molar-refractivity contribution < 1.29 is 39.6 Å². The molecule has 0 radical (unpaired) electrons. The summed E-state index contributed by atoms with van der Waals surface area (Å²) < 4.78 is 0. The molecule has 1 aromatic carbocycles. The number of likely N-dealkylation sites (N-methyl/N-ethyl adjacent to an activating group) is 1. The summed E-state index contributed by atoms with van der Waals surface area (Å²) in [4.78, 5) is 59.0. The van der Waals surface area contributed by atoms with Gasteiger partial charge in [-0.05, 0) is 81.5 Å². The van der Waals surface area contributed by atoms with Crippen molar-refractivity contribution in [1.29, 1.82) is 0 Å². The van der Waals surface area contributed by atoms with Gasteiger partial charge in [0.2, 0.25) is 11.7 Å². The number of Topliss-reactive ketones (excluding diaryl/α,β-unsaturated/α-hetero) is 2. The van der Waals surface area contributed by atoms with Gasteiger partial charge < -0.3 is 36.4 Å². The SMILES string of the molecule is CN(C)c1cc(NC(=O)C2CN(C3CCC(C(C)(C)C)CC3)C2)c(O)c2c1C[C@H]1C[C@H]3[C@H](N(C)C)C(=O)C(C(N)=O)=C(O)[C@@]3(O)C(=O)C1=C2O. The van der Waals surface area contributed by atoms with Crippen LogP contribution >= 0.6 is 0 Å². The molecule has 0 unspecified atom stereocenters. The van der Waals surface area contributed by atoms with E-state index >= 15 is 0 Å². The first-order valence-electron chi connectivity index (χ1n) is 17.5. The minimum Gasteiger partial charge on any atom is -0.508 e. The fraction of sp³-hybridized carbons (Fsp3) is 0.622. The van der Waals surface area contributed by atoms with Crippen molar-refractivity contribution in [2.24, 2.45) is 34.8 Å². The second-order valence-electron chi connectivity index (χ2n) is 16.5. The second-order valence-corrected chi connectivity index (χ2v) is 16.5. The Morgan fingerprint density at radius 1 is 1.02 bits per heavy atom. The first-order valence-corrected chi connectivity index (χ1v) is 17.5. The number of nitrogens with two attached hydrogens (primary N) is 1. The summed E-state index contributed by atoms with van der Waals surface area (Å²) in [6, 6.07) is 0.945. The average molecular weight is 694 g/mol. The number of carbonyl (C=O) groups is 4. The average Bonchev–Trinajstić information content (AvgIpc) is 2.99. The number of fused-ring (bicyclic) bond motifs is 3. The van der Waals surface area contributed by atoms with Crippen molar-refractivity contribution in [3.8, 4) is 5.75 Å². The number of anilines is 2. The minimum atomic E-state index is -2.72. The van der Waals surface area contributed by atoms with E-state index in [-0.39, 0.29) is 41.5 Å². The number of aliphatic hydroxyl groups excluding tert-OH is 2. The van der Waals surface area contributed by atoms with E-state index < -0.39 is 63.8 Å². The number of nitrogens with zero attached hydrogens (tertiary/aromatic N) is 3. The van der Waals surface area contributed by atoms with Crippen LogP contribution in [0.2, 0.25) is 0 Å². The Morgan fingerprint density at radius 3 is 2.18 bits per heavy atom. The van der Waals surface area contributed by atoms with E-state index in [1.54, 1.807) is 39.2 Å². The Labute approximate surface area is 292 Å². The maximum absolute atomic E-state index is 14.2. The van der Waals surface area contributed by atoms with E-state index in [1.165, 1.54) is 17.7 Å². The number of aliphatic hydroxyl groups is 3. The summed E-state index contributed by atoms with van der Waals surface area (Å²) in [6.07, 6.45) is 4.72. The molecular formula is C37H51N5O8. The third kappa shape index (κ3) is 5.48. The number of aromatic hydroxyl groups is 1. The molecule has 1 saturated heterocycles. The molecule has 2 saturated carbocycles. The van der Waals surface area contributed by atoms with Crippen LogP contribution in [-0.2, 0) is 25.6 Å². The van der Waals surface area contributed by atoms with Gasteiger partial charge in [-0.1, -0.05) is 20.8 Å². The summed E-state index contributed by atoms with van der Waals surface area (Å²) in [5, 5.41) is 49.2. The molecule has 13 nitrogen and oxygen atoms in total. The molecule has 6 rings (SSSR count). The van der Waals surface area contributed by atoms with Crippen molar-refractivity contribution in [3.63, 3.8) is 0 Å². The molecule has 1 aliphatic heterocycles. The number of likely N-dealkylation sites (tertiary alicyclic amines) is 1. The molecule has 2 amide bonds. The summed E-state index contributed by atoms with van der Waals surface area (Å²) >= 11 is 0. The molecule has 0 aromatic heterocycles.